The van der Waals surface area contributed by atoms with Crippen molar-refractivity contribution in [1.29, 1.82) is 0 Å². The molecule has 0 saturated heterocycles. The van der Waals surface area contributed by atoms with Gasteiger partial charge in [-0.15, -0.1) is 0 Å². The van der Waals surface area contributed by atoms with Gasteiger partial charge in [0.05, 0.1) is 4.92 Å². The van der Waals surface area contributed by atoms with E-state index >= 15 is 0 Å². The second kappa shape index (κ2) is 7.64. The van der Waals surface area contributed by atoms with Gasteiger partial charge in [-0.25, -0.2) is 4.98 Å². The summed E-state index contributed by atoms with van der Waals surface area (Å²) in [6.07, 6.45) is 1.85. The summed E-state index contributed by atoms with van der Waals surface area (Å²) in [4.78, 5) is 15.6. The zero-order valence-corrected chi connectivity index (χ0v) is 15.8. The van der Waals surface area contributed by atoms with E-state index < -0.39 is 4.92 Å². The Morgan fingerprint density at radius 2 is 1.64 bits per heavy atom. The van der Waals surface area contributed by atoms with Gasteiger partial charge in [0, 0.05) is 11.8 Å². The van der Waals surface area contributed by atoms with Gasteiger partial charge in [-0.1, -0.05) is 31.5 Å². The fourth-order valence-corrected chi connectivity index (χ4v) is 3.36. The average Bonchev–Trinajstić information content (AvgIpc) is 2.53. The lowest BCUT2D eigenvalue weighted by Gasteiger charge is -2.17. The summed E-state index contributed by atoms with van der Waals surface area (Å²) in [6.45, 7) is 11.9. The molecule has 25 heavy (non-hydrogen) atoms. The predicted octanol–water partition coefficient (Wildman–Crippen LogP) is 5.92. The van der Waals surface area contributed by atoms with Crippen LogP contribution in [0.4, 0.5) is 5.69 Å². The number of nitro groups is 1. The summed E-state index contributed by atoms with van der Waals surface area (Å²) in [7, 11) is 0. The minimum atomic E-state index is -0.410. The summed E-state index contributed by atoms with van der Waals surface area (Å²) in [6, 6.07) is 5.63. The van der Waals surface area contributed by atoms with E-state index in [2.05, 4.69) is 18.8 Å². The Bertz CT molecular complexity index is 773. The third-order valence-electron chi connectivity index (χ3n) is 4.62. The Labute approximate surface area is 149 Å². The molecule has 0 aliphatic carbocycles. The zero-order chi connectivity index (χ0) is 18.7. The Balaban J connectivity index is 2.55. The fourth-order valence-electron chi connectivity index (χ4n) is 3.36. The van der Waals surface area contributed by atoms with Crippen LogP contribution in [0.1, 0.15) is 60.6 Å². The van der Waals surface area contributed by atoms with Crippen LogP contribution in [-0.4, -0.2) is 9.91 Å². The second-order valence-corrected chi connectivity index (χ2v) is 6.59. The summed E-state index contributed by atoms with van der Waals surface area (Å²) in [5.74, 6) is 0.964. The topological polar surface area (TPSA) is 65.3 Å². The van der Waals surface area contributed by atoms with Crippen molar-refractivity contribution in [2.75, 3.05) is 0 Å². The number of benzene rings is 1. The van der Waals surface area contributed by atoms with Crippen molar-refractivity contribution in [1.82, 2.24) is 4.98 Å². The molecule has 0 fully saturated rings. The number of hydrogen-bond donors (Lipinski definition) is 0. The lowest BCUT2D eigenvalue weighted by Crippen LogP contribution is -2.06. The summed E-state index contributed by atoms with van der Waals surface area (Å²) < 4.78 is 5.92. The molecule has 134 valence electrons. The third kappa shape index (κ3) is 3.98. The predicted molar refractivity (Wildman–Crippen MR) is 99.7 cm³/mol. The van der Waals surface area contributed by atoms with Crippen LogP contribution < -0.4 is 4.74 Å². The van der Waals surface area contributed by atoms with Crippen LogP contribution in [0.3, 0.4) is 0 Å². The van der Waals surface area contributed by atoms with Crippen molar-refractivity contribution in [2.24, 2.45) is 0 Å². The van der Waals surface area contributed by atoms with Crippen LogP contribution in [-0.2, 0) is 0 Å². The van der Waals surface area contributed by atoms with E-state index in [0.29, 0.717) is 5.75 Å². The first-order valence-corrected chi connectivity index (χ1v) is 8.70. The molecule has 0 aliphatic rings. The van der Waals surface area contributed by atoms with Gasteiger partial charge in [-0.2, -0.15) is 0 Å². The Kier molecular flexibility index (Phi) is 5.77. The molecule has 0 amide bonds. The second-order valence-electron chi connectivity index (χ2n) is 6.59. The lowest BCUT2D eigenvalue weighted by molar-refractivity contribution is -0.386. The van der Waals surface area contributed by atoms with Gasteiger partial charge in [0.15, 0.2) is 0 Å². The van der Waals surface area contributed by atoms with E-state index in [1.807, 2.05) is 39.8 Å². The molecule has 0 N–H and O–H groups in total. The molecule has 5 nitrogen and oxygen atoms in total. The molecule has 0 unspecified atom stereocenters. The Morgan fingerprint density at radius 3 is 2.12 bits per heavy atom. The minimum absolute atomic E-state index is 0.0623. The molecule has 2 rings (SSSR count). The molecule has 0 saturated carbocycles. The van der Waals surface area contributed by atoms with Crippen LogP contribution in [0.25, 0.3) is 0 Å². The van der Waals surface area contributed by atoms with E-state index in [4.69, 9.17) is 4.74 Å². The van der Waals surface area contributed by atoms with E-state index in [1.54, 1.807) is 6.07 Å². The molecule has 0 spiro atoms. The van der Waals surface area contributed by atoms with Gasteiger partial charge in [0.1, 0.15) is 5.75 Å². The molecule has 5 heteroatoms. The third-order valence-corrected chi connectivity index (χ3v) is 4.62. The van der Waals surface area contributed by atoms with Crippen LogP contribution in [0.2, 0.25) is 0 Å². The van der Waals surface area contributed by atoms with Gasteiger partial charge >= 0.3 is 5.69 Å². The van der Waals surface area contributed by atoms with Crippen molar-refractivity contribution in [3.8, 4) is 11.6 Å². The highest BCUT2D eigenvalue weighted by molar-refractivity contribution is 5.51. The molecule has 0 bridgehead atoms. The lowest BCUT2D eigenvalue weighted by atomic mass is 9.92. The first-order chi connectivity index (χ1) is 11.8. The van der Waals surface area contributed by atoms with Gasteiger partial charge < -0.3 is 4.74 Å². The molecule has 2 aromatic rings. The quantitative estimate of drug-likeness (QED) is 0.483. The molecule has 1 heterocycles. The van der Waals surface area contributed by atoms with Gasteiger partial charge in [-0.3, -0.25) is 10.1 Å². The Hall–Kier alpha value is -2.43. The number of hydrogen-bond acceptors (Lipinski definition) is 4. The number of aryl methyl sites for hydroxylation is 4. The van der Waals surface area contributed by atoms with Crippen LogP contribution in [0.15, 0.2) is 18.2 Å². The summed E-state index contributed by atoms with van der Waals surface area (Å²) in [5, 5.41) is 11.6. The van der Waals surface area contributed by atoms with Crippen molar-refractivity contribution >= 4 is 5.69 Å². The van der Waals surface area contributed by atoms with Crippen molar-refractivity contribution in [2.45, 2.75) is 60.3 Å². The van der Waals surface area contributed by atoms with Crippen molar-refractivity contribution in [3.05, 3.63) is 56.3 Å². The maximum Gasteiger partial charge on any atom is 0.331 e. The van der Waals surface area contributed by atoms with Gasteiger partial charge in [0.25, 0.3) is 5.88 Å². The average molecular weight is 342 g/mol. The van der Waals surface area contributed by atoms with Crippen molar-refractivity contribution in [3.63, 3.8) is 0 Å². The number of pyridine rings is 1. The largest absolute Gasteiger partial charge is 0.433 e. The molecule has 0 aliphatic heterocycles. The highest BCUT2D eigenvalue weighted by atomic mass is 16.6. The molecule has 0 atom stereocenters. The van der Waals surface area contributed by atoms with Gasteiger partial charge in [0.2, 0.25) is 0 Å². The first kappa shape index (κ1) is 18.9. The fraction of sp³-hybridized carbons (Fsp3) is 0.450. The van der Waals surface area contributed by atoms with Crippen LogP contribution in [0, 0.1) is 37.8 Å². The SMILES string of the molecule is CCC(CC)c1cc([N+](=O)[O-])c(Oc2c(C)cc(C)cc2C)nc1C. The van der Waals surface area contributed by atoms with Crippen LogP contribution >= 0.6 is 0 Å². The minimum Gasteiger partial charge on any atom is -0.433 e. The number of aromatic nitrogens is 1. The van der Waals surface area contributed by atoms with E-state index in [-0.39, 0.29) is 17.5 Å². The monoisotopic (exact) mass is 342 g/mol. The number of rotatable bonds is 6. The summed E-state index contributed by atoms with van der Waals surface area (Å²) >= 11 is 0. The van der Waals surface area contributed by atoms with E-state index in [1.165, 1.54) is 0 Å². The first-order valence-electron chi connectivity index (χ1n) is 8.70. The molecule has 1 aromatic carbocycles. The molecular formula is C20H26N2O3. The molecule has 0 radical (unpaired) electrons. The summed E-state index contributed by atoms with van der Waals surface area (Å²) in [5.41, 5.74) is 4.65. The van der Waals surface area contributed by atoms with E-state index in [9.17, 15) is 10.1 Å². The number of nitrogens with zero attached hydrogens (tertiary/aromatic N) is 2. The highest BCUT2D eigenvalue weighted by Gasteiger charge is 2.24. The normalized spacial score (nSPS) is 11.0. The van der Waals surface area contributed by atoms with E-state index in [0.717, 1.165) is 40.8 Å². The smallest absolute Gasteiger partial charge is 0.331 e. The van der Waals surface area contributed by atoms with Gasteiger partial charge in [-0.05, 0) is 63.1 Å². The Morgan fingerprint density at radius 1 is 1.08 bits per heavy atom. The standard InChI is InChI=1S/C20H26N2O3/c1-7-16(8-2)17-11-18(22(23)24)20(21-15(17)6)25-19-13(4)9-12(3)10-14(19)5/h9-11,16H,7-8H2,1-6H3. The maximum absolute atomic E-state index is 11.6. The van der Waals surface area contributed by atoms with Crippen LogP contribution in [0.5, 0.6) is 11.6 Å². The van der Waals surface area contributed by atoms with Crippen molar-refractivity contribution < 1.29 is 9.66 Å². The molecular weight excluding hydrogens is 316 g/mol. The molecule has 1 aromatic heterocycles. The zero-order valence-electron chi connectivity index (χ0n) is 15.8. The number of ether oxygens (including phenoxy) is 1. The highest BCUT2D eigenvalue weighted by Crippen LogP contribution is 2.37. The maximum atomic E-state index is 11.6.